The molecule has 2 fully saturated rings. The van der Waals surface area contributed by atoms with Gasteiger partial charge in [0.2, 0.25) is 0 Å². The summed E-state index contributed by atoms with van der Waals surface area (Å²) in [7, 11) is 3.97. The van der Waals surface area contributed by atoms with Gasteiger partial charge in [0.1, 0.15) is 23.6 Å². The Bertz CT molecular complexity index is 760. The van der Waals surface area contributed by atoms with Gasteiger partial charge in [0.15, 0.2) is 0 Å². The lowest BCUT2D eigenvalue weighted by Gasteiger charge is -2.53. The van der Waals surface area contributed by atoms with Crippen molar-refractivity contribution in [3.8, 4) is 0 Å². The zero-order valence-corrected chi connectivity index (χ0v) is 16.3. The summed E-state index contributed by atoms with van der Waals surface area (Å²) >= 11 is 1.67. The van der Waals surface area contributed by atoms with Gasteiger partial charge in [-0.3, -0.25) is 0 Å². The molecule has 2 saturated heterocycles. The molecular weight excluding hydrogens is 350 g/mol. The highest BCUT2D eigenvalue weighted by atomic mass is 32.1. The molecule has 2 aliphatic heterocycles. The van der Waals surface area contributed by atoms with Crippen molar-refractivity contribution in [2.24, 2.45) is 0 Å². The van der Waals surface area contributed by atoms with Crippen LogP contribution in [0.3, 0.4) is 0 Å². The predicted molar refractivity (Wildman–Crippen MR) is 102 cm³/mol. The largest absolute Gasteiger partial charge is 0.372 e. The molecule has 26 heavy (non-hydrogen) atoms. The minimum absolute atomic E-state index is 0.107. The number of aromatic nitrogens is 3. The monoisotopic (exact) mass is 375 g/mol. The second-order valence-corrected chi connectivity index (χ2v) is 8.36. The molecule has 0 aliphatic carbocycles. The van der Waals surface area contributed by atoms with Crippen LogP contribution in [-0.2, 0) is 16.1 Å². The fourth-order valence-corrected chi connectivity index (χ4v) is 4.19. The number of ether oxygens (including phenoxy) is 2. The number of hydrogen-bond donors (Lipinski definition) is 0. The van der Waals surface area contributed by atoms with Crippen molar-refractivity contribution in [2.45, 2.75) is 38.1 Å². The number of thiazole rings is 1. The molecule has 8 heteroatoms. The van der Waals surface area contributed by atoms with Gasteiger partial charge in [0, 0.05) is 38.6 Å². The van der Waals surface area contributed by atoms with Gasteiger partial charge in [-0.25, -0.2) is 15.0 Å². The molecular formula is C18H25N5O2S. The first-order chi connectivity index (χ1) is 12.5. The van der Waals surface area contributed by atoms with E-state index < -0.39 is 0 Å². The minimum atomic E-state index is -0.107. The Morgan fingerprint density at radius 1 is 1.38 bits per heavy atom. The fourth-order valence-electron chi connectivity index (χ4n) is 3.59. The smallest absolute Gasteiger partial charge is 0.134 e. The Balaban J connectivity index is 1.33. The maximum Gasteiger partial charge on any atom is 0.134 e. The zero-order valence-electron chi connectivity index (χ0n) is 15.5. The first-order valence-corrected chi connectivity index (χ1v) is 9.82. The molecule has 140 valence electrons. The van der Waals surface area contributed by atoms with Crippen LogP contribution in [0.25, 0.3) is 0 Å². The Hall–Kier alpha value is -1.77. The highest BCUT2D eigenvalue weighted by Gasteiger charge is 2.48. The van der Waals surface area contributed by atoms with Crippen LogP contribution in [0.5, 0.6) is 0 Å². The summed E-state index contributed by atoms with van der Waals surface area (Å²) in [6.45, 7) is 5.07. The standard InChI is InChI=1S/C18H25N5O2S/c1-13-21-14(9-26-13)8-24-15-4-5-25-18(7-15)10-23(11-18)17-6-16(22(2)3)19-12-20-17/h6,9,12,15H,4-5,7-8,10-11H2,1-3H3. The van der Waals surface area contributed by atoms with Gasteiger partial charge in [-0.15, -0.1) is 11.3 Å². The van der Waals surface area contributed by atoms with Crippen molar-refractivity contribution >= 4 is 23.0 Å². The van der Waals surface area contributed by atoms with Gasteiger partial charge in [0.25, 0.3) is 0 Å². The van der Waals surface area contributed by atoms with E-state index in [4.69, 9.17) is 9.47 Å². The van der Waals surface area contributed by atoms with Crippen molar-refractivity contribution in [3.63, 3.8) is 0 Å². The maximum atomic E-state index is 6.13. The second-order valence-electron chi connectivity index (χ2n) is 7.30. The average molecular weight is 375 g/mol. The summed E-state index contributed by atoms with van der Waals surface area (Å²) < 4.78 is 12.2. The Morgan fingerprint density at radius 2 is 2.23 bits per heavy atom. The molecule has 1 unspecified atom stereocenters. The third kappa shape index (κ3) is 3.67. The van der Waals surface area contributed by atoms with E-state index in [-0.39, 0.29) is 11.7 Å². The molecule has 2 aromatic rings. The molecule has 0 amide bonds. The summed E-state index contributed by atoms with van der Waals surface area (Å²) in [6.07, 6.45) is 3.73. The minimum Gasteiger partial charge on any atom is -0.372 e. The third-order valence-corrected chi connectivity index (χ3v) is 5.78. The van der Waals surface area contributed by atoms with Gasteiger partial charge in [-0.1, -0.05) is 0 Å². The molecule has 0 aromatic carbocycles. The van der Waals surface area contributed by atoms with Gasteiger partial charge in [-0.2, -0.15) is 0 Å². The summed E-state index contributed by atoms with van der Waals surface area (Å²) in [5.41, 5.74) is 0.921. The van der Waals surface area contributed by atoms with E-state index in [1.807, 2.05) is 32.0 Å². The normalized spacial score (nSPS) is 21.7. The molecule has 2 aromatic heterocycles. The number of aryl methyl sites for hydroxylation is 1. The highest BCUT2D eigenvalue weighted by molar-refractivity contribution is 7.09. The first-order valence-electron chi connectivity index (χ1n) is 8.94. The fraction of sp³-hybridized carbons (Fsp3) is 0.611. The van der Waals surface area contributed by atoms with Crippen LogP contribution in [0.1, 0.15) is 23.5 Å². The van der Waals surface area contributed by atoms with Crippen molar-refractivity contribution in [2.75, 3.05) is 43.6 Å². The van der Waals surface area contributed by atoms with Crippen LogP contribution in [0.2, 0.25) is 0 Å². The molecule has 7 nitrogen and oxygen atoms in total. The maximum absolute atomic E-state index is 6.13. The molecule has 1 atom stereocenters. The van der Waals surface area contributed by atoms with Crippen molar-refractivity contribution < 1.29 is 9.47 Å². The van der Waals surface area contributed by atoms with Gasteiger partial charge in [0.05, 0.1) is 36.5 Å². The van der Waals surface area contributed by atoms with Crippen LogP contribution in [0.15, 0.2) is 17.8 Å². The molecule has 4 rings (SSSR count). The van der Waals surface area contributed by atoms with E-state index >= 15 is 0 Å². The predicted octanol–water partition coefficient (Wildman–Crippen LogP) is 2.26. The molecule has 0 saturated carbocycles. The van der Waals surface area contributed by atoms with Crippen LogP contribution in [-0.4, -0.2) is 60.4 Å². The van der Waals surface area contributed by atoms with Gasteiger partial charge >= 0.3 is 0 Å². The molecule has 4 heterocycles. The van der Waals surface area contributed by atoms with E-state index in [9.17, 15) is 0 Å². The summed E-state index contributed by atoms with van der Waals surface area (Å²) in [5.74, 6) is 1.87. The molecule has 0 bridgehead atoms. The van der Waals surface area contributed by atoms with Crippen LogP contribution in [0, 0.1) is 6.92 Å². The van der Waals surface area contributed by atoms with Crippen molar-refractivity contribution in [1.82, 2.24) is 15.0 Å². The van der Waals surface area contributed by atoms with E-state index in [0.717, 1.165) is 54.9 Å². The van der Waals surface area contributed by atoms with Crippen LogP contribution >= 0.6 is 11.3 Å². The average Bonchev–Trinajstić information content (AvgIpc) is 3.03. The second kappa shape index (κ2) is 7.09. The lowest BCUT2D eigenvalue weighted by molar-refractivity contribution is -0.148. The number of hydrogen-bond acceptors (Lipinski definition) is 8. The SMILES string of the molecule is Cc1nc(COC2CCOC3(C2)CN(c2cc(N(C)C)ncn2)C3)cs1. The number of rotatable bonds is 5. The quantitative estimate of drug-likeness (QED) is 0.794. The zero-order chi connectivity index (χ0) is 18.1. The van der Waals surface area contributed by atoms with Crippen molar-refractivity contribution in [1.29, 1.82) is 0 Å². The van der Waals surface area contributed by atoms with Gasteiger partial charge < -0.3 is 19.3 Å². The summed E-state index contributed by atoms with van der Waals surface area (Å²) in [6, 6.07) is 2.02. The lowest BCUT2D eigenvalue weighted by atomic mass is 9.84. The van der Waals surface area contributed by atoms with Gasteiger partial charge in [-0.05, 0) is 13.3 Å². The van der Waals surface area contributed by atoms with E-state index in [2.05, 4.69) is 25.2 Å². The third-order valence-electron chi connectivity index (χ3n) is 4.96. The molecule has 1 spiro atoms. The van der Waals surface area contributed by atoms with E-state index in [1.54, 1.807) is 17.7 Å². The Morgan fingerprint density at radius 3 is 2.96 bits per heavy atom. The first kappa shape index (κ1) is 17.6. The number of nitrogens with zero attached hydrogens (tertiary/aromatic N) is 5. The Labute approximate surface area is 158 Å². The molecule has 2 aliphatic rings. The summed E-state index contributed by atoms with van der Waals surface area (Å²) in [5, 5.41) is 3.16. The highest BCUT2D eigenvalue weighted by Crippen LogP contribution is 2.37. The lowest BCUT2D eigenvalue weighted by Crippen LogP contribution is -2.66. The summed E-state index contributed by atoms with van der Waals surface area (Å²) in [4.78, 5) is 17.4. The van der Waals surface area contributed by atoms with Crippen LogP contribution in [0.4, 0.5) is 11.6 Å². The topological polar surface area (TPSA) is 63.6 Å². The molecule has 0 N–H and O–H groups in total. The van der Waals surface area contributed by atoms with Crippen molar-refractivity contribution in [3.05, 3.63) is 28.5 Å². The number of anilines is 2. The van der Waals surface area contributed by atoms with Crippen LogP contribution < -0.4 is 9.80 Å². The van der Waals surface area contributed by atoms with E-state index in [1.165, 1.54) is 0 Å². The Kier molecular flexibility index (Phi) is 4.81. The molecule has 0 radical (unpaired) electrons. The van der Waals surface area contributed by atoms with E-state index in [0.29, 0.717) is 6.61 Å².